The molecule has 0 aromatic heterocycles. The number of Topliss-reactive ketones (excluding diaryl/α,β-unsaturated/α-hetero) is 1. The third kappa shape index (κ3) is 3.80. The summed E-state index contributed by atoms with van der Waals surface area (Å²) in [6, 6.07) is 16.2. The van der Waals surface area contributed by atoms with Gasteiger partial charge in [-0.25, -0.2) is 4.79 Å². The number of carboxylic acids is 1. The van der Waals surface area contributed by atoms with Crippen molar-refractivity contribution in [1.82, 2.24) is 0 Å². The van der Waals surface area contributed by atoms with Crippen molar-refractivity contribution < 1.29 is 14.7 Å². The first-order chi connectivity index (χ1) is 13.9. The van der Waals surface area contributed by atoms with Crippen LogP contribution in [0.2, 0.25) is 0 Å². The normalized spacial score (nSPS) is 20.2. The molecule has 0 radical (unpaired) electrons. The lowest BCUT2D eigenvalue weighted by Crippen LogP contribution is -2.32. The van der Waals surface area contributed by atoms with Gasteiger partial charge in [-0.3, -0.25) is 9.79 Å². The third-order valence-electron chi connectivity index (χ3n) is 5.91. The Morgan fingerprint density at radius 2 is 1.69 bits per heavy atom. The molecule has 1 unspecified atom stereocenters. The zero-order valence-corrected chi connectivity index (χ0v) is 16.8. The van der Waals surface area contributed by atoms with Gasteiger partial charge in [0.15, 0.2) is 6.04 Å². The van der Waals surface area contributed by atoms with E-state index in [2.05, 4.69) is 18.8 Å². The molecule has 0 fully saturated rings. The van der Waals surface area contributed by atoms with E-state index in [1.54, 1.807) is 0 Å². The fourth-order valence-electron chi connectivity index (χ4n) is 4.32. The molecule has 29 heavy (non-hydrogen) atoms. The summed E-state index contributed by atoms with van der Waals surface area (Å²) in [4.78, 5) is 29.8. The van der Waals surface area contributed by atoms with Crippen LogP contribution in [0.3, 0.4) is 0 Å². The zero-order chi connectivity index (χ0) is 20.6. The lowest BCUT2D eigenvalue weighted by molar-refractivity contribution is -0.138. The fourth-order valence-corrected chi connectivity index (χ4v) is 4.32. The second kappa shape index (κ2) is 7.43. The molecule has 0 amide bonds. The highest BCUT2D eigenvalue weighted by Gasteiger charge is 2.37. The molecule has 1 atom stereocenters. The Morgan fingerprint density at radius 3 is 2.38 bits per heavy atom. The van der Waals surface area contributed by atoms with Crippen LogP contribution in [0.15, 0.2) is 65.2 Å². The molecule has 4 nitrogen and oxygen atoms in total. The second-order valence-corrected chi connectivity index (χ2v) is 8.69. The third-order valence-corrected chi connectivity index (χ3v) is 5.91. The van der Waals surface area contributed by atoms with E-state index < -0.39 is 12.0 Å². The highest BCUT2D eigenvalue weighted by Crippen LogP contribution is 2.46. The van der Waals surface area contributed by atoms with Crippen molar-refractivity contribution in [2.45, 2.75) is 45.6 Å². The minimum absolute atomic E-state index is 0.103. The summed E-state index contributed by atoms with van der Waals surface area (Å²) in [6.07, 6.45) is 2.77. The van der Waals surface area contributed by atoms with Gasteiger partial charge in [0.1, 0.15) is 5.71 Å². The lowest BCUT2D eigenvalue weighted by Gasteiger charge is -2.36. The number of hydrogen-bond acceptors (Lipinski definition) is 3. The first-order valence-electron chi connectivity index (χ1n) is 10.1. The lowest BCUT2D eigenvalue weighted by atomic mass is 9.68. The molecule has 4 rings (SSSR count). The Balaban J connectivity index is 1.79. The quantitative estimate of drug-likeness (QED) is 0.826. The molecule has 0 saturated carbocycles. The maximum atomic E-state index is 13.4. The summed E-state index contributed by atoms with van der Waals surface area (Å²) < 4.78 is 0. The van der Waals surface area contributed by atoms with Gasteiger partial charge in [0.05, 0.1) is 0 Å². The summed E-state index contributed by atoms with van der Waals surface area (Å²) >= 11 is 0. The number of allylic oxidation sites excluding steroid dienone is 2. The number of carbonyl (C=O) groups excluding carboxylic acids is 1. The fraction of sp³-hybridized carbons (Fsp3) is 0.320. The smallest absolute Gasteiger partial charge is 0.328 e. The standard InChI is InChI=1S/C25H25NO3/c1-25(2)13-12-19-20(15-25)17-10-6-7-11-18(17)22(23(19)27)26-21(24(28)29)14-16-8-4-3-5-9-16/h3-11,21H,12-15H2,1-2H3,(H,28,29). The molecule has 1 N–H and O–H groups in total. The van der Waals surface area contributed by atoms with Gasteiger partial charge in [0.2, 0.25) is 5.78 Å². The Bertz CT molecular complexity index is 1030. The molecule has 2 aliphatic carbocycles. The van der Waals surface area contributed by atoms with Crippen LogP contribution in [-0.4, -0.2) is 28.6 Å². The molecule has 2 aromatic carbocycles. The molecular weight excluding hydrogens is 362 g/mol. The first-order valence-corrected chi connectivity index (χ1v) is 10.1. The number of aliphatic imine (C=N–C) groups is 1. The molecule has 4 heteroatoms. The van der Waals surface area contributed by atoms with Gasteiger partial charge in [-0.15, -0.1) is 0 Å². The number of aliphatic carboxylic acids is 1. The predicted molar refractivity (Wildman–Crippen MR) is 114 cm³/mol. The van der Waals surface area contributed by atoms with Crippen LogP contribution in [-0.2, 0) is 16.0 Å². The van der Waals surface area contributed by atoms with Crippen molar-refractivity contribution in [2.24, 2.45) is 10.4 Å². The number of carboxylic acid groups (broad SMARTS) is 1. The Hall–Kier alpha value is -3.01. The average molecular weight is 387 g/mol. The number of hydrogen-bond donors (Lipinski definition) is 1. The van der Waals surface area contributed by atoms with E-state index in [9.17, 15) is 14.7 Å². The molecule has 0 aliphatic heterocycles. The maximum Gasteiger partial charge on any atom is 0.328 e. The van der Waals surface area contributed by atoms with E-state index in [0.29, 0.717) is 12.1 Å². The van der Waals surface area contributed by atoms with Crippen LogP contribution < -0.4 is 0 Å². The van der Waals surface area contributed by atoms with E-state index >= 15 is 0 Å². The summed E-state index contributed by atoms with van der Waals surface area (Å²) in [5, 5.41) is 9.77. The van der Waals surface area contributed by atoms with Crippen LogP contribution in [0.25, 0.3) is 5.57 Å². The Labute approximate surface area is 171 Å². The Kier molecular flexibility index (Phi) is 4.95. The van der Waals surface area contributed by atoms with Gasteiger partial charge in [0.25, 0.3) is 0 Å². The van der Waals surface area contributed by atoms with Gasteiger partial charge < -0.3 is 5.11 Å². The summed E-state index contributed by atoms with van der Waals surface area (Å²) in [6.45, 7) is 4.46. The molecular formula is C25H25NO3. The largest absolute Gasteiger partial charge is 0.480 e. The molecule has 2 aliphatic rings. The van der Waals surface area contributed by atoms with Gasteiger partial charge in [-0.2, -0.15) is 0 Å². The van der Waals surface area contributed by atoms with Crippen molar-refractivity contribution in [3.05, 3.63) is 76.9 Å². The van der Waals surface area contributed by atoms with E-state index in [1.807, 2.05) is 54.6 Å². The average Bonchev–Trinajstić information content (AvgIpc) is 2.70. The van der Waals surface area contributed by atoms with Crippen LogP contribution >= 0.6 is 0 Å². The number of ketones is 1. The highest BCUT2D eigenvalue weighted by molar-refractivity contribution is 6.54. The Morgan fingerprint density at radius 1 is 1.03 bits per heavy atom. The van der Waals surface area contributed by atoms with Gasteiger partial charge in [-0.1, -0.05) is 68.4 Å². The number of benzene rings is 2. The predicted octanol–water partition coefficient (Wildman–Crippen LogP) is 4.72. The van der Waals surface area contributed by atoms with E-state index in [0.717, 1.165) is 40.7 Å². The molecule has 0 spiro atoms. The van der Waals surface area contributed by atoms with Crippen molar-refractivity contribution in [3.63, 3.8) is 0 Å². The van der Waals surface area contributed by atoms with Crippen LogP contribution in [0.1, 0.15) is 49.8 Å². The zero-order valence-electron chi connectivity index (χ0n) is 16.8. The van der Waals surface area contributed by atoms with Crippen LogP contribution in [0.4, 0.5) is 0 Å². The van der Waals surface area contributed by atoms with Crippen molar-refractivity contribution in [1.29, 1.82) is 0 Å². The SMILES string of the molecule is CC1(C)CCC2=C(C1)c1ccccc1C(=NC(Cc1ccccc1)C(=O)O)C2=O. The minimum Gasteiger partial charge on any atom is -0.480 e. The highest BCUT2D eigenvalue weighted by atomic mass is 16.4. The van der Waals surface area contributed by atoms with Crippen LogP contribution in [0, 0.1) is 5.41 Å². The van der Waals surface area contributed by atoms with Gasteiger partial charge in [-0.05, 0) is 41.4 Å². The second-order valence-electron chi connectivity index (χ2n) is 8.69. The van der Waals surface area contributed by atoms with Gasteiger partial charge in [0, 0.05) is 17.6 Å². The van der Waals surface area contributed by atoms with Crippen LogP contribution in [0.5, 0.6) is 0 Å². The topological polar surface area (TPSA) is 66.7 Å². The van der Waals surface area contributed by atoms with E-state index in [1.165, 1.54) is 0 Å². The monoisotopic (exact) mass is 387 g/mol. The summed E-state index contributed by atoms with van der Waals surface area (Å²) in [7, 11) is 0. The molecule has 148 valence electrons. The first kappa shape index (κ1) is 19.3. The number of rotatable bonds is 4. The molecule has 2 aromatic rings. The van der Waals surface area contributed by atoms with E-state index in [4.69, 9.17) is 0 Å². The number of fused-ring (bicyclic) bond motifs is 2. The van der Waals surface area contributed by atoms with Gasteiger partial charge >= 0.3 is 5.97 Å². The number of nitrogens with zero attached hydrogens (tertiary/aromatic N) is 1. The summed E-state index contributed by atoms with van der Waals surface area (Å²) in [5.41, 5.74) is 5.03. The molecule has 0 bridgehead atoms. The van der Waals surface area contributed by atoms with Crippen molar-refractivity contribution in [2.75, 3.05) is 0 Å². The number of carbonyl (C=O) groups is 2. The van der Waals surface area contributed by atoms with Crippen molar-refractivity contribution in [3.8, 4) is 0 Å². The minimum atomic E-state index is -1.02. The van der Waals surface area contributed by atoms with Crippen molar-refractivity contribution >= 4 is 23.0 Å². The maximum absolute atomic E-state index is 13.4. The summed E-state index contributed by atoms with van der Waals surface area (Å²) in [5.74, 6) is -1.12. The van der Waals surface area contributed by atoms with E-state index in [-0.39, 0.29) is 17.6 Å². The molecule has 0 saturated heterocycles. The molecule has 0 heterocycles.